The number of rotatable bonds is 5. The molecule has 5 heteroatoms. The highest BCUT2D eigenvalue weighted by Gasteiger charge is 2.04. The molecule has 20 heavy (non-hydrogen) atoms. The van der Waals surface area contributed by atoms with Crippen LogP contribution in [0.3, 0.4) is 0 Å². The number of nitrogens with one attached hydrogen (secondary N) is 1. The highest BCUT2D eigenvalue weighted by atomic mass is 35.5. The number of ether oxygens (including phenoxy) is 1. The standard InChI is InChI=1S/C15H15ClN2O2/c16-12-7-5-11(6-8-12)9-18-15(19)10-20-14-4-2-1-3-13(14)17/h1-8H,9-10,17H2,(H,18,19). The Labute approximate surface area is 122 Å². The van der Waals surface area contributed by atoms with Crippen molar-refractivity contribution in [1.82, 2.24) is 5.32 Å². The van der Waals surface area contributed by atoms with Gasteiger partial charge in [0.05, 0.1) is 5.69 Å². The van der Waals surface area contributed by atoms with Crippen LogP contribution in [0.5, 0.6) is 5.75 Å². The Morgan fingerprint density at radius 1 is 1.15 bits per heavy atom. The summed E-state index contributed by atoms with van der Waals surface area (Å²) < 4.78 is 5.35. The number of nitrogen functional groups attached to an aromatic ring is 1. The molecule has 3 N–H and O–H groups in total. The van der Waals surface area contributed by atoms with Crippen molar-refractivity contribution < 1.29 is 9.53 Å². The van der Waals surface area contributed by atoms with Crippen LogP contribution in [0.4, 0.5) is 5.69 Å². The average molecular weight is 291 g/mol. The van der Waals surface area contributed by atoms with Crippen molar-refractivity contribution in [2.45, 2.75) is 6.54 Å². The van der Waals surface area contributed by atoms with Crippen LogP contribution < -0.4 is 15.8 Å². The van der Waals surface area contributed by atoms with Gasteiger partial charge in [0.2, 0.25) is 0 Å². The Balaban J connectivity index is 1.78. The van der Waals surface area contributed by atoms with Crippen molar-refractivity contribution in [2.75, 3.05) is 12.3 Å². The molecular formula is C15H15ClN2O2. The van der Waals surface area contributed by atoms with Gasteiger partial charge in [0.15, 0.2) is 6.61 Å². The zero-order chi connectivity index (χ0) is 14.4. The van der Waals surface area contributed by atoms with Gasteiger partial charge in [0.25, 0.3) is 5.91 Å². The van der Waals surface area contributed by atoms with Gasteiger partial charge in [-0.1, -0.05) is 35.9 Å². The molecule has 0 aromatic heterocycles. The maximum Gasteiger partial charge on any atom is 0.258 e. The molecule has 0 heterocycles. The molecule has 0 atom stereocenters. The lowest BCUT2D eigenvalue weighted by Crippen LogP contribution is -2.28. The first-order chi connectivity index (χ1) is 9.65. The van der Waals surface area contributed by atoms with Crippen LogP contribution in [0.1, 0.15) is 5.56 Å². The molecule has 4 nitrogen and oxygen atoms in total. The monoisotopic (exact) mass is 290 g/mol. The number of para-hydroxylation sites is 2. The Kier molecular flexibility index (Phi) is 4.85. The van der Waals surface area contributed by atoms with E-state index >= 15 is 0 Å². The van der Waals surface area contributed by atoms with E-state index in [2.05, 4.69) is 5.32 Å². The maximum atomic E-state index is 11.7. The first-order valence-corrected chi connectivity index (χ1v) is 6.51. The third kappa shape index (κ3) is 4.17. The fraction of sp³-hybridized carbons (Fsp3) is 0.133. The minimum absolute atomic E-state index is 0.0677. The third-order valence-corrected chi connectivity index (χ3v) is 2.93. The van der Waals surface area contributed by atoms with Gasteiger partial charge in [-0.05, 0) is 29.8 Å². The number of hydrogen-bond acceptors (Lipinski definition) is 3. The zero-order valence-electron chi connectivity index (χ0n) is 10.8. The van der Waals surface area contributed by atoms with Crippen molar-refractivity contribution in [1.29, 1.82) is 0 Å². The summed E-state index contributed by atoms with van der Waals surface area (Å²) in [7, 11) is 0. The van der Waals surface area contributed by atoms with Crippen molar-refractivity contribution in [3.63, 3.8) is 0 Å². The SMILES string of the molecule is Nc1ccccc1OCC(=O)NCc1ccc(Cl)cc1. The molecule has 2 aromatic rings. The molecule has 0 unspecified atom stereocenters. The van der Waals surface area contributed by atoms with Crippen LogP contribution in [-0.4, -0.2) is 12.5 Å². The van der Waals surface area contributed by atoms with E-state index in [0.29, 0.717) is 23.0 Å². The Hall–Kier alpha value is -2.20. The van der Waals surface area contributed by atoms with Crippen LogP contribution in [0.25, 0.3) is 0 Å². The molecule has 0 radical (unpaired) electrons. The van der Waals surface area contributed by atoms with E-state index in [1.807, 2.05) is 18.2 Å². The van der Waals surface area contributed by atoms with E-state index in [1.54, 1.807) is 30.3 Å². The molecule has 2 rings (SSSR count). The third-order valence-electron chi connectivity index (χ3n) is 2.68. The fourth-order valence-corrected chi connectivity index (χ4v) is 1.74. The topological polar surface area (TPSA) is 64.3 Å². The zero-order valence-corrected chi connectivity index (χ0v) is 11.6. The van der Waals surface area contributed by atoms with Gasteiger partial charge < -0.3 is 15.8 Å². The molecule has 0 saturated heterocycles. The van der Waals surface area contributed by atoms with Crippen LogP contribution in [0.15, 0.2) is 48.5 Å². The van der Waals surface area contributed by atoms with E-state index in [-0.39, 0.29) is 12.5 Å². The van der Waals surface area contributed by atoms with Gasteiger partial charge in [0, 0.05) is 11.6 Å². The summed E-state index contributed by atoms with van der Waals surface area (Å²) in [5.74, 6) is 0.303. The minimum Gasteiger partial charge on any atom is -0.482 e. The number of hydrogen-bond donors (Lipinski definition) is 2. The summed E-state index contributed by atoms with van der Waals surface area (Å²) in [6.45, 7) is 0.367. The van der Waals surface area contributed by atoms with Crippen molar-refractivity contribution in [3.8, 4) is 5.75 Å². The largest absolute Gasteiger partial charge is 0.482 e. The van der Waals surface area contributed by atoms with E-state index < -0.39 is 0 Å². The highest BCUT2D eigenvalue weighted by Crippen LogP contribution is 2.19. The number of nitrogens with two attached hydrogens (primary N) is 1. The molecule has 0 aliphatic carbocycles. The number of halogens is 1. The number of amides is 1. The number of benzene rings is 2. The average Bonchev–Trinajstić information content (AvgIpc) is 2.46. The maximum absolute atomic E-state index is 11.7. The van der Waals surface area contributed by atoms with Gasteiger partial charge in [-0.2, -0.15) is 0 Å². The number of carbonyl (C=O) groups is 1. The summed E-state index contributed by atoms with van der Waals surface area (Å²) >= 11 is 5.79. The summed E-state index contributed by atoms with van der Waals surface area (Å²) in [5.41, 5.74) is 7.20. The summed E-state index contributed by atoms with van der Waals surface area (Å²) in [5, 5.41) is 3.43. The van der Waals surface area contributed by atoms with Crippen LogP contribution in [0, 0.1) is 0 Å². The highest BCUT2D eigenvalue weighted by molar-refractivity contribution is 6.30. The number of anilines is 1. The van der Waals surface area contributed by atoms with E-state index in [9.17, 15) is 4.79 Å². The molecule has 0 saturated carbocycles. The molecule has 104 valence electrons. The van der Waals surface area contributed by atoms with E-state index in [0.717, 1.165) is 5.56 Å². The second-order valence-corrected chi connectivity index (χ2v) is 4.67. The predicted octanol–water partition coefficient (Wildman–Crippen LogP) is 2.62. The molecule has 0 fully saturated rings. The van der Waals surface area contributed by atoms with Gasteiger partial charge in [-0.15, -0.1) is 0 Å². The Morgan fingerprint density at radius 2 is 1.85 bits per heavy atom. The summed E-state index contributed by atoms with van der Waals surface area (Å²) in [6.07, 6.45) is 0. The smallest absolute Gasteiger partial charge is 0.258 e. The van der Waals surface area contributed by atoms with Crippen molar-refractivity contribution in [2.24, 2.45) is 0 Å². The van der Waals surface area contributed by atoms with Crippen LogP contribution >= 0.6 is 11.6 Å². The molecule has 0 aliphatic rings. The lowest BCUT2D eigenvalue weighted by Gasteiger charge is -2.09. The van der Waals surface area contributed by atoms with Gasteiger partial charge in [0.1, 0.15) is 5.75 Å². The molecular weight excluding hydrogens is 276 g/mol. The molecule has 0 aliphatic heterocycles. The van der Waals surface area contributed by atoms with Crippen molar-refractivity contribution in [3.05, 3.63) is 59.1 Å². The van der Waals surface area contributed by atoms with Crippen LogP contribution in [0.2, 0.25) is 5.02 Å². The second kappa shape index (κ2) is 6.82. The molecule has 0 bridgehead atoms. The predicted molar refractivity (Wildman–Crippen MR) is 79.6 cm³/mol. The van der Waals surface area contributed by atoms with Gasteiger partial charge in [-0.3, -0.25) is 4.79 Å². The van der Waals surface area contributed by atoms with E-state index in [4.69, 9.17) is 22.1 Å². The van der Waals surface area contributed by atoms with Gasteiger partial charge >= 0.3 is 0 Å². The van der Waals surface area contributed by atoms with E-state index in [1.165, 1.54) is 0 Å². The summed E-state index contributed by atoms with van der Waals surface area (Å²) in [6, 6.07) is 14.3. The van der Waals surface area contributed by atoms with Crippen molar-refractivity contribution >= 4 is 23.2 Å². The second-order valence-electron chi connectivity index (χ2n) is 4.23. The fourth-order valence-electron chi connectivity index (χ4n) is 1.61. The quantitative estimate of drug-likeness (QED) is 0.832. The first-order valence-electron chi connectivity index (χ1n) is 6.13. The van der Waals surface area contributed by atoms with Gasteiger partial charge in [-0.25, -0.2) is 0 Å². The summed E-state index contributed by atoms with van der Waals surface area (Å²) in [4.78, 5) is 11.7. The molecule has 2 aromatic carbocycles. The Morgan fingerprint density at radius 3 is 2.55 bits per heavy atom. The van der Waals surface area contributed by atoms with Crippen LogP contribution in [-0.2, 0) is 11.3 Å². The first kappa shape index (κ1) is 14.2. The molecule has 1 amide bonds. The molecule has 0 spiro atoms. The number of carbonyl (C=O) groups excluding carboxylic acids is 1. The minimum atomic E-state index is -0.205. The normalized spacial score (nSPS) is 10.1. The lowest BCUT2D eigenvalue weighted by molar-refractivity contribution is -0.123. The lowest BCUT2D eigenvalue weighted by atomic mass is 10.2. The Bertz CT molecular complexity index is 585.